The largest absolute Gasteiger partial charge is 0.397 e. The fraction of sp³-hybridized carbons (Fsp3) is 0.0435. The van der Waals surface area contributed by atoms with E-state index in [9.17, 15) is 9.59 Å². The molecule has 5 nitrogen and oxygen atoms in total. The van der Waals surface area contributed by atoms with Gasteiger partial charge >= 0.3 is 0 Å². The zero-order valence-electron chi connectivity index (χ0n) is 15.3. The molecule has 0 atom stereocenters. The molecule has 3 rings (SSSR count). The van der Waals surface area contributed by atoms with Crippen LogP contribution in [0.2, 0.25) is 0 Å². The molecule has 0 saturated carbocycles. The molecule has 28 heavy (non-hydrogen) atoms. The van der Waals surface area contributed by atoms with Crippen LogP contribution in [0, 0.1) is 0 Å². The van der Waals surface area contributed by atoms with Crippen LogP contribution >= 0.6 is 0 Å². The molecule has 0 heterocycles. The first-order chi connectivity index (χ1) is 13.5. The van der Waals surface area contributed by atoms with Crippen molar-refractivity contribution >= 4 is 28.8 Å². The molecule has 0 aliphatic heterocycles. The lowest BCUT2D eigenvalue weighted by Gasteiger charge is -2.10. The Bertz CT molecular complexity index is 996. The van der Waals surface area contributed by atoms with E-state index in [1.807, 2.05) is 30.3 Å². The Hall–Kier alpha value is -3.86. The van der Waals surface area contributed by atoms with Gasteiger partial charge in [0.1, 0.15) is 0 Å². The smallest absolute Gasteiger partial charge is 0.255 e. The van der Waals surface area contributed by atoms with E-state index >= 15 is 0 Å². The lowest BCUT2D eigenvalue weighted by atomic mass is 10.0. The van der Waals surface area contributed by atoms with Crippen molar-refractivity contribution in [2.24, 2.45) is 0 Å². The maximum atomic E-state index is 12.4. The van der Waals surface area contributed by atoms with Crippen molar-refractivity contribution in [1.82, 2.24) is 5.32 Å². The first-order valence-electron chi connectivity index (χ1n) is 8.82. The van der Waals surface area contributed by atoms with Gasteiger partial charge in [0, 0.05) is 17.7 Å². The van der Waals surface area contributed by atoms with Gasteiger partial charge in [-0.05, 0) is 47.5 Å². The van der Waals surface area contributed by atoms with Crippen LogP contribution < -0.4 is 16.4 Å². The number of hydrogen-bond donors (Lipinski definition) is 3. The Balaban J connectivity index is 1.59. The molecule has 4 N–H and O–H groups in total. The summed E-state index contributed by atoms with van der Waals surface area (Å²) in [5, 5.41) is 5.63. The Morgan fingerprint density at radius 1 is 0.750 bits per heavy atom. The summed E-state index contributed by atoms with van der Waals surface area (Å²) >= 11 is 0. The molecule has 0 bridgehead atoms. The van der Waals surface area contributed by atoms with Gasteiger partial charge in [0.15, 0.2) is 0 Å². The number of hydrogen-bond acceptors (Lipinski definition) is 3. The number of benzene rings is 3. The van der Waals surface area contributed by atoms with Crippen LogP contribution in [0.25, 0.3) is 5.57 Å². The first-order valence-corrected chi connectivity index (χ1v) is 8.82. The SMILES string of the molecule is C=C(CNC(=O)c1ccccc1)c1ccc(C(=O)Nc2ccccc2N)cc1. The fourth-order valence-corrected chi connectivity index (χ4v) is 2.64. The molecule has 3 aromatic carbocycles. The fourth-order valence-electron chi connectivity index (χ4n) is 2.64. The lowest BCUT2D eigenvalue weighted by molar-refractivity contribution is 0.0957. The van der Waals surface area contributed by atoms with Crippen LogP contribution in [0.1, 0.15) is 26.3 Å². The van der Waals surface area contributed by atoms with E-state index in [0.29, 0.717) is 29.0 Å². The van der Waals surface area contributed by atoms with Crippen LogP contribution in [0.5, 0.6) is 0 Å². The second-order valence-corrected chi connectivity index (χ2v) is 6.27. The Labute approximate surface area is 163 Å². The minimum Gasteiger partial charge on any atom is -0.397 e. The van der Waals surface area contributed by atoms with E-state index in [0.717, 1.165) is 11.1 Å². The lowest BCUT2D eigenvalue weighted by Crippen LogP contribution is -2.24. The molecule has 3 aromatic rings. The van der Waals surface area contributed by atoms with Crippen LogP contribution in [0.4, 0.5) is 11.4 Å². The molecule has 2 amide bonds. The number of anilines is 2. The van der Waals surface area contributed by atoms with Gasteiger partial charge in [0.25, 0.3) is 11.8 Å². The number of carbonyl (C=O) groups excluding carboxylic acids is 2. The summed E-state index contributed by atoms with van der Waals surface area (Å²) in [5.41, 5.74) is 9.64. The molecule has 0 spiro atoms. The predicted octanol–water partition coefficient (Wildman–Crippen LogP) is 3.96. The summed E-state index contributed by atoms with van der Waals surface area (Å²) < 4.78 is 0. The van der Waals surface area contributed by atoms with Crippen molar-refractivity contribution in [1.29, 1.82) is 0 Å². The maximum Gasteiger partial charge on any atom is 0.255 e. The van der Waals surface area contributed by atoms with E-state index in [1.54, 1.807) is 48.5 Å². The van der Waals surface area contributed by atoms with Gasteiger partial charge in [-0.1, -0.05) is 49.0 Å². The van der Waals surface area contributed by atoms with Crippen LogP contribution in [0.15, 0.2) is 85.4 Å². The van der Waals surface area contributed by atoms with Crippen LogP contribution in [0.3, 0.4) is 0 Å². The zero-order chi connectivity index (χ0) is 19.9. The topological polar surface area (TPSA) is 84.2 Å². The average molecular weight is 371 g/mol. The van der Waals surface area contributed by atoms with Crippen molar-refractivity contribution in [3.05, 3.63) is 102 Å². The van der Waals surface area contributed by atoms with Gasteiger partial charge in [-0.3, -0.25) is 9.59 Å². The number of nitrogens with one attached hydrogen (secondary N) is 2. The van der Waals surface area contributed by atoms with Gasteiger partial charge in [-0.2, -0.15) is 0 Å². The van der Waals surface area contributed by atoms with E-state index in [1.165, 1.54) is 0 Å². The quantitative estimate of drug-likeness (QED) is 0.573. The van der Waals surface area contributed by atoms with E-state index in [4.69, 9.17) is 5.73 Å². The molecule has 0 aliphatic carbocycles. The molecule has 0 unspecified atom stereocenters. The molecule has 0 fully saturated rings. The summed E-state index contributed by atoms with van der Waals surface area (Å²) in [7, 11) is 0. The second kappa shape index (κ2) is 8.68. The number of nitrogens with two attached hydrogens (primary N) is 1. The van der Waals surface area contributed by atoms with Crippen LogP contribution in [-0.4, -0.2) is 18.4 Å². The van der Waals surface area contributed by atoms with Crippen molar-refractivity contribution in [2.45, 2.75) is 0 Å². The number of nitrogen functional groups attached to an aromatic ring is 1. The summed E-state index contributed by atoms with van der Waals surface area (Å²) in [5.74, 6) is -0.398. The third-order valence-corrected chi connectivity index (χ3v) is 4.26. The van der Waals surface area contributed by atoms with Gasteiger partial charge < -0.3 is 16.4 Å². The Morgan fingerprint density at radius 3 is 2.00 bits per heavy atom. The average Bonchev–Trinajstić information content (AvgIpc) is 2.74. The zero-order valence-corrected chi connectivity index (χ0v) is 15.3. The molecule has 0 radical (unpaired) electrons. The predicted molar refractivity (Wildman–Crippen MR) is 113 cm³/mol. The summed E-state index contributed by atoms with van der Waals surface area (Å²) in [6, 6.07) is 23.1. The second-order valence-electron chi connectivity index (χ2n) is 6.27. The number of para-hydroxylation sites is 2. The number of amides is 2. The first kappa shape index (κ1) is 18.9. The maximum absolute atomic E-state index is 12.4. The van der Waals surface area contributed by atoms with Crippen molar-refractivity contribution < 1.29 is 9.59 Å². The normalized spacial score (nSPS) is 10.1. The van der Waals surface area contributed by atoms with E-state index in [2.05, 4.69) is 17.2 Å². The highest BCUT2D eigenvalue weighted by Gasteiger charge is 2.09. The summed E-state index contributed by atoms with van der Waals surface area (Å²) in [6.45, 7) is 4.33. The van der Waals surface area contributed by atoms with Gasteiger partial charge in [-0.15, -0.1) is 0 Å². The highest BCUT2D eigenvalue weighted by atomic mass is 16.2. The monoisotopic (exact) mass is 371 g/mol. The third-order valence-electron chi connectivity index (χ3n) is 4.26. The van der Waals surface area contributed by atoms with E-state index < -0.39 is 0 Å². The molecule has 0 aliphatic rings. The Morgan fingerprint density at radius 2 is 1.32 bits per heavy atom. The van der Waals surface area contributed by atoms with Crippen molar-refractivity contribution in [3.63, 3.8) is 0 Å². The van der Waals surface area contributed by atoms with Gasteiger partial charge in [-0.25, -0.2) is 0 Å². The summed E-state index contributed by atoms with van der Waals surface area (Å²) in [4.78, 5) is 24.5. The highest BCUT2D eigenvalue weighted by Crippen LogP contribution is 2.19. The molecular formula is C23H21N3O2. The standard InChI is InChI=1S/C23H21N3O2/c1-16(15-25-22(27)18-7-3-2-4-8-18)17-11-13-19(14-12-17)23(28)26-21-10-6-5-9-20(21)24/h2-14H,1,15,24H2,(H,25,27)(H,26,28). The number of rotatable bonds is 6. The minimum atomic E-state index is -0.243. The highest BCUT2D eigenvalue weighted by molar-refractivity contribution is 6.05. The number of carbonyl (C=O) groups is 2. The molecule has 0 saturated heterocycles. The van der Waals surface area contributed by atoms with Crippen LogP contribution in [-0.2, 0) is 0 Å². The van der Waals surface area contributed by atoms with Crippen molar-refractivity contribution in [3.8, 4) is 0 Å². The minimum absolute atomic E-state index is 0.154. The van der Waals surface area contributed by atoms with Gasteiger partial charge in [0.2, 0.25) is 0 Å². The Kier molecular flexibility index (Phi) is 5.87. The van der Waals surface area contributed by atoms with E-state index in [-0.39, 0.29) is 11.8 Å². The molecule has 0 aromatic heterocycles. The van der Waals surface area contributed by atoms with Crippen molar-refractivity contribution in [2.75, 3.05) is 17.6 Å². The molecule has 140 valence electrons. The molecular weight excluding hydrogens is 350 g/mol. The molecule has 5 heteroatoms. The third kappa shape index (κ3) is 4.65. The van der Waals surface area contributed by atoms with Gasteiger partial charge in [0.05, 0.1) is 11.4 Å². The summed E-state index contributed by atoms with van der Waals surface area (Å²) in [6.07, 6.45) is 0.